The van der Waals surface area contributed by atoms with E-state index in [0.29, 0.717) is 11.9 Å². The topological polar surface area (TPSA) is 35.5 Å². The van der Waals surface area contributed by atoms with Gasteiger partial charge in [-0.1, -0.05) is 22.9 Å². The van der Waals surface area contributed by atoms with Gasteiger partial charge in [0.05, 0.1) is 12.7 Å². The van der Waals surface area contributed by atoms with Gasteiger partial charge >= 0.3 is 5.97 Å². The molecule has 0 spiro atoms. The molecule has 0 aliphatic carbocycles. The van der Waals surface area contributed by atoms with Crippen LogP contribution in [0.25, 0.3) is 0 Å². The van der Waals surface area contributed by atoms with Crippen molar-refractivity contribution in [3.8, 4) is 0 Å². The molecule has 1 rings (SSSR count). The molecule has 0 aromatic heterocycles. The fourth-order valence-corrected chi connectivity index (χ4v) is 2.71. The number of hydrogen-bond acceptors (Lipinski definition) is 4. The molecule has 0 amide bonds. The summed E-state index contributed by atoms with van der Waals surface area (Å²) in [5.41, 5.74) is 0. The van der Waals surface area contributed by atoms with Gasteiger partial charge in [0.1, 0.15) is 5.33 Å². The first-order valence-corrected chi connectivity index (χ1v) is 6.54. The van der Waals surface area contributed by atoms with Gasteiger partial charge in [0, 0.05) is 5.25 Å². The summed E-state index contributed by atoms with van der Waals surface area (Å²) >= 11 is 4.72. The van der Waals surface area contributed by atoms with Gasteiger partial charge in [-0.2, -0.15) is 0 Å². The van der Waals surface area contributed by atoms with Crippen LogP contribution in [0.5, 0.6) is 0 Å². The van der Waals surface area contributed by atoms with Crippen molar-refractivity contribution in [2.24, 2.45) is 0 Å². The maximum atomic E-state index is 11.1. The molecule has 0 N–H and O–H groups in total. The molecule has 0 saturated carbocycles. The van der Waals surface area contributed by atoms with Crippen LogP contribution in [0.3, 0.4) is 0 Å². The number of hydrogen-bond donors (Lipinski definition) is 0. The Kier molecular flexibility index (Phi) is 4.28. The van der Waals surface area contributed by atoms with Crippen LogP contribution in [0.1, 0.15) is 20.8 Å². The lowest BCUT2D eigenvalue weighted by atomic mass is 10.3. The molecule has 3 nitrogen and oxygen atoms in total. The second kappa shape index (κ2) is 4.86. The molecule has 14 heavy (non-hydrogen) atoms. The van der Waals surface area contributed by atoms with E-state index in [0.717, 1.165) is 0 Å². The van der Waals surface area contributed by atoms with Crippen molar-refractivity contribution < 1.29 is 14.3 Å². The second-order valence-electron chi connectivity index (χ2n) is 3.58. The summed E-state index contributed by atoms with van der Waals surface area (Å²) < 4.78 is 10.8. The highest BCUT2D eigenvalue weighted by Gasteiger charge is 2.38. The summed E-state index contributed by atoms with van der Waals surface area (Å²) in [5, 5.41) is 0.574. The highest BCUT2D eigenvalue weighted by atomic mass is 79.9. The third-order valence-corrected chi connectivity index (χ3v) is 4.06. The van der Waals surface area contributed by atoms with Crippen LogP contribution in [-0.2, 0) is 14.3 Å². The van der Waals surface area contributed by atoms with Gasteiger partial charge in [0.25, 0.3) is 0 Å². The minimum Gasteiger partial charge on any atom is -0.445 e. The average Bonchev–Trinajstić information content (AvgIpc) is 2.12. The summed E-state index contributed by atoms with van der Waals surface area (Å²) in [6, 6.07) is 0. The van der Waals surface area contributed by atoms with E-state index in [-0.39, 0.29) is 17.4 Å². The van der Waals surface area contributed by atoms with Crippen molar-refractivity contribution in [1.29, 1.82) is 0 Å². The molecule has 3 unspecified atom stereocenters. The summed E-state index contributed by atoms with van der Waals surface area (Å²) in [4.78, 5) is 10.6. The number of rotatable bonds is 2. The van der Waals surface area contributed by atoms with Crippen molar-refractivity contribution in [3.63, 3.8) is 0 Å². The highest BCUT2D eigenvalue weighted by molar-refractivity contribution is 9.09. The average molecular weight is 283 g/mol. The standard InChI is InChI=1S/C9H15BrO3S/c1-6-7(2)14-9(3,5-12-6)13-8(11)4-10/h6-7H,4-5H2,1-3H3. The number of halogens is 1. The third-order valence-electron chi connectivity index (χ3n) is 2.14. The SMILES string of the molecule is CC1OCC(C)(OC(=O)CBr)SC1C. The Balaban J connectivity index is 2.54. The lowest BCUT2D eigenvalue weighted by Gasteiger charge is -2.38. The zero-order valence-corrected chi connectivity index (χ0v) is 11.0. The van der Waals surface area contributed by atoms with Crippen molar-refractivity contribution in [2.45, 2.75) is 37.1 Å². The maximum Gasteiger partial charge on any atom is 0.318 e. The molecule has 1 saturated heterocycles. The van der Waals surface area contributed by atoms with Gasteiger partial charge in [-0.05, 0) is 13.8 Å². The number of esters is 1. The molecule has 1 aliphatic heterocycles. The van der Waals surface area contributed by atoms with E-state index in [4.69, 9.17) is 9.47 Å². The lowest BCUT2D eigenvalue weighted by Crippen LogP contribution is -2.44. The van der Waals surface area contributed by atoms with Crippen LogP contribution < -0.4 is 0 Å². The summed E-state index contributed by atoms with van der Waals surface area (Å²) in [7, 11) is 0. The van der Waals surface area contributed by atoms with Crippen molar-refractivity contribution in [3.05, 3.63) is 0 Å². The third kappa shape index (κ3) is 3.14. The second-order valence-corrected chi connectivity index (χ2v) is 5.98. The molecule has 1 fully saturated rings. The monoisotopic (exact) mass is 282 g/mol. The van der Waals surface area contributed by atoms with Crippen LogP contribution in [0.15, 0.2) is 0 Å². The highest BCUT2D eigenvalue weighted by Crippen LogP contribution is 2.37. The van der Waals surface area contributed by atoms with Gasteiger partial charge in [-0.25, -0.2) is 0 Å². The van der Waals surface area contributed by atoms with Crippen LogP contribution in [0.2, 0.25) is 0 Å². The predicted octanol–water partition coefficient (Wildman–Crippen LogP) is 2.18. The number of alkyl halides is 1. The quantitative estimate of drug-likeness (QED) is 0.575. The fraction of sp³-hybridized carbons (Fsp3) is 0.889. The predicted molar refractivity (Wildman–Crippen MR) is 60.8 cm³/mol. The molecule has 0 aromatic rings. The fourth-order valence-electron chi connectivity index (χ4n) is 1.26. The minimum absolute atomic E-state index is 0.218. The van der Waals surface area contributed by atoms with Crippen LogP contribution in [-0.4, -0.2) is 34.2 Å². The van der Waals surface area contributed by atoms with Crippen molar-refractivity contribution >= 4 is 33.7 Å². The van der Waals surface area contributed by atoms with Gasteiger partial charge in [-0.3, -0.25) is 4.79 Å². The maximum absolute atomic E-state index is 11.1. The molecule has 0 radical (unpaired) electrons. The van der Waals surface area contributed by atoms with Gasteiger partial charge in [0.15, 0.2) is 4.93 Å². The molecule has 5 heteroatoms. The Hall–Kier alpha value is 0.260. The normalized spacial score (nSPS) is 38.0. The van der Waals surface area contributed by atoms with Crippen LogP contribution >= 0.6 is 27.7 Å². The van der Waals surface area contributed by atoms with Crippen molar-refractivity contribution in [1.82, 2.24) is 0 Å². The van der Waals surface area contributed by atoms with Gasteiger partial charge < -0.3 is 9.47 Å². The van der Waals surface area contributed by atoms with Gasteiger partial charge in [0.2, 0.25) is 0 Å². The van der Waals surface area contributed by atoms with Gasteiger partial charge in [-0.15, -0.1) is 11.8 Å². The van der Waals surface area contributed by atoms with E-state index in [1.807, 2.05) is 13.8 Å². The minimum atomic E-state index is -0.531. The van der Waals surface area contributed by atoms with E-state index in [1.165, 1.54) is 0 Å². The van der Waals surface area contributed by atoms with Crippen LogP contribution in [0.4, 0.5) is 0 Å². The summed E-state index contributed by atoms with van der Waals surface area (Å²) in [6.45, 7) is 6.46. The Bertz CT molecular complexity index is 224. The first kappa shape index (κ1) is 12.3. The molecule has 1 aliphatic rings. The number of carbonyl (C=O) groups excluding carboxylic acids is 1. The first-order chi connectivity index (χ1) is 6.47. The van der Waals surface area contributed by atoms with E-state index in [9.17, 15) is 4.79 Å². The van der Waals surface area contributed by atoms with E-state index in [1.54, 1.807) is 11.8 Å². The summed E-state index contributed by atoms with van der Waals surface area (Å²) in [5.74, 6) is -0.245. The molecule has 0 aromatic carbocycles. The largest absolute Gasteiger partial charge is 0.445 e. The summed E-state index contributed by atoms with van der Waals surface area (Å²) in [6.07, 6.45) is 0.218. The first-order valence-electron chi connectivity index (χ1n) is 4.54. The Labute approximate surface area is 97.0 Å². The molecular formula is C9H15BrO3S. The lowest BCUT2D eigenvalue weighted by molar-refractivity contribution is -0.153. The zero-order chi connectivity index (χ0) is 10.8. The molecular weight excluding hydrogens is 268 g/mol. The van der Waals surface area contributed by atoms with E-state index >= 15 is 0 Å². The Morgan fingerprint density at radius 2 is 2.36 bits per heavy atom. The molecule has 0 bridgehead atoms. The molecule has 82 valence electrons. The Morgan fingerprint density at radius 1 is 1.71 bits per heavy atom. The molecule has 3 atom stereocenters. The number of carbonyl (C=O) groups is 1. The number of ether oxygens (including phenoxy) is 2. The number of thioether (sulfide) groups is 1. The van der Waals surface area contributed by atoms with E-state index in [2.05, 4.69) is 22.9 Å². The Morgan fingerprint density at radius 3 is 2.86 bits per heavy atom. The van der Waals surface area contributed by atoms with E-state index < -0.39 is 4.93 Å². The molecule has 1 heterocycles. The smallest absolute Gasteiger partial charge is 0.318 e. The van der Waals surface area contributed by atoms with Crippen molar-refractivity contribution in [2.75, 3.05) is 11.9 Å². The van der Waals surface area contributed by atoms with Crippen LogP contribution in [0, 0.1) is 0 Å². The zero-order valence-electron chi connectivity index (χ0n) is 8.58.